The van der Waals surface area contributed by atoms with E-state index < -0.39 is 11.7 Å². The number of nitrogens with one attached hydrogen (secondary N) is 2. The smallest absolute Gasteiger partial charge is 0.259 e. The van der Waals surface area contributed by atoms with Gasteiger partial charge in [-0.2, -0.15) is 0 Å². The van der Waals surface area contributed by atoms with Crippen LogP contribution in [0.3, 0.4) is 0 Å². The largest absolute Gasteiger partial charge is 0.352 e. The number of anilines is 1. The second-order valence-electron chi connectivity index (χ2n) is 7.24. The Morgan fingerprint density at radius 1 is 1.03 bits per heavy atom. The van der Waals surface area contributed by atoms with Crippen molar-refractivity contribution in [2.24, 2.45) is 0 Å². The highest BCUT2D eigenvalue weighted by Crippen LogP contribution is 2.29. The minimum atomic E-state index is -0.489. The van der Waals surface area contributed by atoms with Crippen molar-refractivity contribution in [2.75, 3.05) is 11.9 Å². The molecule has 0 atom stereocenters. The van der Waals surface area contributed by atoms with Crippen LogP contribution in [0.4, 0.5) is 10.1 Å². The number of hydrogen-bond donors (Lipinski definition) is 2. The number of carbonyl (C=O) groups excluding carboxylic acids is 2. The molecule has 0 fully saturated rings. The van der Waals surface area contributed by atoms with E-state index in [0.29, 0.717) is 28.9 Å². The van der Waals surface area contributed by atoms with Crippen molar-refractivity contribution in [1.82, 2.24) is 15.5 Å². The highest BCUT2D eigenvalue weighted by Gasteiger charge is 2.22. The zero-order valence-corrected chi connectivity index (χ0v) is 17.6. The second-order valence-corrected chi connectivity index (χ2v) is 7.24. The summed E-state index contributed by atoms with van der Waals surface area (Å²) in [5, 5.41) is 9.94. The zero-order valence-electron chi connectivity index (χ0n) is 17.6. The van der Waals surface area contributed by atoms with Gasteiger partial charge < -0.3 is 15.2 Å². The first-order chi connectivity index (χ1) is 15.5. The van der Waals surface area contributed by atoms with Crippen molar-refractivity contribution in [1.29, 1.82) is 0 Å². The average molecular weight is 432 g/mol. The van der Waals surface area contributed by atoms with Crippen LogP contribution in [0.25, 0.3) is 22.4 Å². The van der Waals surface area contributed by atoms with Gasteiger partial charge in [0.2, 0.25) is 0 Å². The number of halogens is 1. The Morgan fingerprint density at radius 3 is 2.56 bits per heavy atom. The highest BCUT2D eigenvalue weighted by atomic mass is 19.1. The normalized spacial score (nSPS) is 10.8. The number of carbonyl (C=O) groups is 2. The highest BCUT2D eigenvalue weighted by molar-refractivity contribution is 6.15. The van der Waals surface area contributed by atoms with Crippen LogP contribution in [-0.2, 0) is 0 Å². The lowest BCUT2D eigenvalue weighted by molar-refractivity contribution is 0.0954. The van der Waals surface area contributed by atoms with Crippen molar-refractivity contribution in [3.8, 4) is 11.3 Å². The maximum Gasteiger partial charge on any atom is 0.259 e. The molecular formula is C24H21FN4O3. The fourth-order valence-corrected chi connectivity index (χ4v) is 3.39. The number of hydrogen-bond acceptors (Lipinski definition) is 5. The summed E-state index contributed by atoms with van der Waals surface area (Å²) in [5.74, 6) is -1.24. The Balaban J connectivity index is 1.76. The lowest BCUT2D eigenvalue weighted by atomic mass is 10.0. The monoisotopic (exact) mass is 432 g/mol. The van der Waals surface area contributed by atoms with Gasteiger partial charge in [0.25, 0.3) is 17.5 Å². The predicted octanol–water partition coefficient (Wildman–Crippen LogP) is 4.73. The van der Waals surface area contributed by atoms with E-state index in [1.54, 1.807) is 49.4 Å². The van der Waals surface area contributed by atoms with Gasteiger partial charge in [-0.3, -0.25) is 9.59 Å². The van der Waals surface area contributed by atoms with E-state index in [-0.39, 0.29) is 28.4 Å². The first-order valence-corrected chi connectivity index (χ1v) is 10.2. The van der Waals surface area contributed by atoms with Crippen LogP contribution in [0.2, 0.25) is 0 Å². The van der Waals surface area contributed by atoms with Crippen LogP contribution in [0.1, 0.15) is 39.8 Å². The number of pyridine rings is 1. The van der Waals surface area contributed by atoms with Crippen LogP contribution < -0.4 is 10.6 Å². The lowest BCUT2D eigenvalue weighted by Crippen LogP contribution is -2.25. The van der Waals surface area contributed by atoms with Crippen molar-refractivity contribution in [2.45, 2.75) is 20.3 Å². The van der Waals surface area contributed by atoms with E-state index in [0.717, 1.165) is 6.42 Å². The molecule has 7 nitrogen and oxygen atoms in total. The number of rotatable bonds is 6. The molecule has 0 aliphatic rings. The fourth-order valence-electron chi connectivity index (χ4n) is 3.39. The molecule has 0 saturated heterocycles. The van der Waals surface area contributed by atoms with Crippen molar-refractivity contribution in [3.05, 3.63) is 77.2 Å². The molecule has 0 saturated carbocycles. The minimum Gasteiger partial charge on any atom is -0.352 e. The molecule has 8 heteroatoms. The molecule has 2 amide bonds. The third-order valence-corrected chi connectivity index (χ3v) is 4.97. The van der Waals surface area contributed by atoms with Gasteiger partial charge in [-0.05, 0) is 43.7 Å². The summed E-state index contributed by atoms with van der Waals surface area (Å²) in [6.07, 6.45) is 0.793. The maximum absolute atomic E-state index is 14.4. The molecule has 0 aliphatic heterocycles. The van der Waals surface area contributed by atoms with Crippen molar-refractivity contribution < 1.29 is 18.5 Å². The van der Waals surface area contributed by atoms with Crippen LogP contribution in [0.5, 0.6) is 0 Å². The quantitative estimate of drug-likeness (QED) is 0.459. The Labute approximate surface area is 183 Å². The maximum atomic E-state index is 14.4. The summed E-state index contributed by atoms with van der Waals surface area (Å²) in [7, 11) is 0. The van der Waals surface area contributed by atoms with Crippen LogP contribution in [0.15, 0.2) is 59.1 Å². The summed E-state index contributed by atoms with van der Waals surface area (Å²) in [6.45, 7) is 4.17. The Hall–Kier alpha value is -4.07. The first kappa shape index (κ1) is 21.2. The average Bonchev–Trinajstić information content (AvgIpc) is 3.18. The number of para-hydroxylation sites is 1. The summed E-state index contributed by atoms with van der Waals surface area (Å²) in [4.78, 5) is 30.2. The van der Waals surface area contributed by atoms with Gasteiger partial charge in [0.15, 0.2) is 0 Å². The Morgan fingerprint density at radius 2 is 1.78 bits per heavy atom. The molecule has 0 radical (unpaired) electrons. The van der Waals surface area contributed by atoms with E-state index in [4.69, 9.17) is 4.52 Å². The lowest BCUT2D eigenvalue weighted by Gasteiger charge is -2.12. The minimum absolute atomic E-state index is 0.127. The molecule has 162 valence electrons. The standard InChI is InChI=1S/C24H21FN4O3/c1-3-12-26-22(30)16-9-5-7-11-19(16)27-23(31)17-13-20(15-8-4-6-10-18(15)25)28-24-21(17)14(2)29-32-24/h4-11,13H,3,12H2,1-2H3,(H,26,30)(H,27,31). The van der Waals surface area contributed by atoms with Gasteiger partial charge in [-0.15, -0.1) is 0 Å². The van der Waals surface area contributed by atoms with Crippen LogP contribution in [0, 0.1) is 12.7 Å². The Bertz CT molecular complexity index is 1320. The molecule has 0 aliphatic carbocycles. The topological polar surface area (TPSA) is 97.1 Å². The molecular weight excluding hydrogens is 411 g/mol. The second kappa shape index (κ2) is 8.97. The number of fused-ring (bicyclic) bond motifs is 1. The molecule has 2 heterocycles. The van der Waals surface area contributed by atoms with Gasteiger partial charge >= 0.3 is 0 Å². The summed E-state index contributed by atoms with van der Waals surface area (Å²) in [6, 6.07) is 14.4. The third-order valence-electron chi connectivity index (χ3n) is 4.97. The summed E-state index contributed by atoms with van der Waals surface area (Å²) in [5.41, 5.74) is 2.00. The fraction of sp³-hybridized carbons (Fsp3) is 0.167. The summed E-state index contributed by atoms with van der Waals surface area (Å²) < 4.78 is 19.6. The third kappa shape index (κ3) is 4.07. The van der Waals surface area contributed by atoms with E-state index in [2.05, 4.69) is 20.8 Å². The SMILES string of the molecule is CCCNC(=O)c1ccccc1NC(=O)c1cc(-c2ccccc2F)nc2onc(C)c12. The molecule has 0 unspecified atom stereocenters. The summed E-state index contributed by atoms with van der Waals surface area (Å²) >= 11 is 0. The van der Waals surface area contributed by atoms with Gasteiger partial charge in [-0.25, -0.2) is 9.37 Å². The van der Waals surface area contributed by atoms with Gasteiger partial charge in [0.1, 0.15) is 5.82 Å². The van der Waals surface area contributed by atoms with Gasteiger partial charge in [-0.1, -0.05) is 36.3 Å². The molecule has 0 spiro atoms. The zero-order chi connectivity index (χ0) is 22.7. The van der Waals surface area contributed by atoms with Crippen molar-refractivity contribution >= 4 is 28.6 Å². The number of aromatic nitrogens is 2. The molecule has 4 aromatic rings. The van der Waals surface area contributed by atoms with E-state index in [1.807, 2.05) is 6.92 Å². The van der Waals surface area contributed by atoms with E-state index in [1.165, 1.54) is 12.1 Å². The van der Waals surface area contributed by atoms with Gasteiger partial charge in [0, 0.05) is 12.1 Å². The number of nitrogens with zero attached hydrogens (tertiary/aromatic N) is 2. The molecule has 2 aromatic heterocycles. The van der Waals surface area contributed by atoms with Gasteiger partial charge in [0.05, 0.1) is 33.6 Å². The van der Waals surface area contributed by atoms with Crippen LogP contribution >= 0.6 is 0 Å². The molecule has 0 bridgehead atoms. The van der Waals surface area contributed by atoms with E-state index >= 15 is 0 Å². The van der Waals surface area contributed by atoms with Crippen LogP contribution in [-0.4, -0.2) is 28.5 Å². The molecule has 4 rings (SSSR count). The predicted molar refractivity (Wildman–Crippen MR) is 119 cm³/mol. The number of aryl methyl sites for hydroxylation is 1. The van der Waals surface area contributed by atoms with E-state index in [9.17, 15) is 14.0 Å². The first-order valence-electron chi connectivity index (χ1n) is 10.2. The Kier molecular flexibility index (Phi) is 5.93. The number of amides is 2. The number of benzene rings is 2. The molecule has 32 heavy (non-hydrogen) atoms. The van der Waals surface area contributed by atoms with Crippen molar-refractivity contribution in [3.63, 3.8) is 0 Å². The molecule has 2 N–H and O–H groups in total. The molecule has 2 aromatic carbocycles.